The van der Waals surface area contributed by atoms with Crippen LogP contribution < -0.4 is 0 Å². The number of carbonyl (C=O) groups is 3. The molecule has 1 rings (SSSR count). The smallest absolute Gasteiger partial charge is 0.307 e. The number of benzene rings is 1. The Labute approximate surface area is 106 Å². The van der Waals surface area contributed by atoms with E-state index in [9.17, 15) is 14.4 Å². The number of carbonyl (C=O) groups excluding carboxylic acids is 3. The minimum absolute atomic E-state index is 0.155. The maximum absolute atomic E-state index is 11.5. The fourth-order valence-corrected chi connectivity index (χ4v) is 1.54. The lowest BCUT2D eigenvalue weighted by molar-refractivity contribution is -0.149. The third kappa shape index (κ3) is 4.49. The first kappa shape index (κ1) is 14.1. The fraction of sp³-hybridized carbons (Fsp3) is 0.357. The summed E-state index contributed by atoms with van der Waals surface area (Å²) >= 11 is 0. The third-order valence-corrected chi connectivity index (χ3v) is 2.59. The van der Waals surface area contributed by atoms with Crippen LogP contribution >= 0.6 is 0 Å². The highest BCUT2D eigenvalue weighted by Crippen LogP contribution is 2.09. The lowest BCUT2D eigenvalue weighted by atomic mass is 9.97. The zero-order valence-electron chi connectivity index (χ0n) is 10.5. The summed E-state index contributed by atoms with van der Waals surface area (Å²) in [5.41, 5.74) is 0.869. The molecule has 0 aliphatic heterocycles. The molecule has 0 N–H and O–H groups in total. The van der Waals surface area contributed by atoms with Gasteiger partial charge in [-0.3, -0.25) is 14.4 Å². The molecule has 4 heteroatoms. The van der Waals surface area contributed by atoms with Gasteiger partial charge in [-0.05, 0) is 19.4 Å². The zero-order valence-corrected chi connectivity index (χ0v) is 10.5. The van der Waals surface area contributed by atoms with Gasteiger partial charge in [0.2, 0.25) is 0 Å². The molecule has 0 fully saturated rings. The largest absolute Gasteiger partial charge is 0.461 e. The van der Waals surface area contributed by atoms with E-state index in [0.717, 1.165) is 5.56 Å². The van der Waals surface area contributed by atoms with Gasteiger partial charge in [0.15, 0.2) is 0 Å². The molecule has 0 aliphatic carbocycles. The first-order chi connectivity index (χ1) is 8.50. The van der Waals surface area contributed by atoms with Gasteiger partial charge in [0, 0.05) is 0 Å². The normalized spacial score (nSPS) is 10.2. The van der Waals surface area contributed by atoms with Gasteiger partial charge in [0.1, 0.15) is 18.2 Å². The Morgan fingerprint density at radius 2 is 1.61 bits per heavy atom. The van der Waals surface area contributed by atoms with Crippen LogP contribution in [0.3, 0.4) is 0 Å². The molecule has 0 bridgehead atoms. The van der Waals surface area contributed by atoms with E-state index in [0.29, 0.717) is 0 Å². The Hall–Kier alpha value is -1.97. The molecule has 1 aromatic rings. The topological polar surface area (TPSA) is 60.4 Å². The molecule has 0 unspecified atom stereocenters. The molecule has 96 valence electrons. The average Bonchev–Trinajstić information content (AvgIpc) is 2.34. The van der Waals surface area contributed by atoms with Gasteiger partial charge < -0.3 is 4.74 Å². The number of esters is 1. The minimum Gasteiger partial charge on any atom is -0.461 e. The van der Waals surface area contributed by atoms with Crippen molar-refractivity contribution in [1.82, 2.24) is 0 Å². The van der Waals surface area contributed by atoms with Gasteiger partial charge >= 0.3 is 5.97 Å². The van der Waals surface area contributed by atoms with E-state index in [1.54, 1.807) is 0 Å². The van der Waals surface area contributed by atoms with Gasteiger partial charge in [-0.25, -0.2) is 0 Å². The number of rotatable bonds is 6. The highest BCUT2D eigenvalue weighted by atomic mass is 16.5. The Morgan fingerprint density at radius 1 is 1.06 bits per heavy atom. The summed E-state index contributed by atoms with van der Waals surface area (Å²) in [4.78, 5) is 33.8. The predicted molar refractivity (Wildman–Crippen MR) is 65.7 cm³/mol. The predicted octanol–water partition coefficient (Wildman–Crippen LogP) is 1.91. The van der Waals surface area contributed by atoms with Gasteiger partial charge in [-0.15, -0.1) is 0 Å². The molecule has 4 nitrogen and oxygen atoms in total. The molecular formula is C14H16O4. The molecule has 1 aromatic carbocycles. The molecule has 0 spiro atoms. The standard InChI is InChI=1S/C14H16O4/c1-10(15)13(11(2)16)8-14(17)18-9-12-6-4-3-5-7-12/h3-7,13H,8-9H2,1-2H3. The molecule has 0 aliphatic rings. The summed E-state index contributed by atoms with van der Waals surface area (Å²) < 4.78 is 5.02. The zero-order chi connectivity index (χ0) is 13.5. The number of ketones is 2. The lowest BCUT2D eigenvalue weighted by Gasteiger charge is -2.10. The Morgan fingerprint density at radius 3 is 2.11 bits per heavy atom. The van der Waals surface area contributed by atoms with Crippen LogP contribution in [0.25, 0.3) is 0 Å². The number of hydrogen-bond donors (Lipinski definition) is 0. The molecule has 0 heterocycles. The summed E-state index contributed by atoms with van der Waals surface area (Å²) in [5, 5.41) is 0. The van der Waals surface area contributed by atoms with E-state index in [1.165, 1.54) is 13.8 Å². The van der Waals surface area contributed by atoms with Crippen LogP contribution in [-0.2, 0) is 25.7 Å². The van der Waals surface area contributed by atoms with Crippen LogP contribution in [0.1, 0.15) is 25.8 Å². The second-order valence-electron chi connectivity index (χ2n) is 4.12. The fourth-order valence-electron chi connectivity index (χ4n) is 1.54. The van der Waals surface area contributed by atoms with Gasteiger partial charge in [-0.2, -0.15) is 0 Å². The average molecular weight is 248 g/mol. The maximum Gasteiger partial charge on any atom is 0.307 e. The molecule has 0 amide bonds. The van der Waals surface area contributed by atoms with Gasteiger partial charge in [-0.1, -0.05) is 30.3 Å². The molecule has 0 saturated heterocycles. The number of Topliss-reactive ketones (excluding diaryl/α,β-unsaturated/α-hetero) is 2. The van der Waals surface area contributed by atoms with Crippen LogP contribution in [0.4, 0.5) is 0 Å². The molecule has 0 radical (unpaired) electrons. The van der Waals surface area contributed by atoms with Crippen molar-refractivity contribution in [2.24, 2.45) is 5.92 Å². The highest BCUT2D eigenvalue weighted by molar-refractivity contribution is 6.02. The van der Waals surface area contributed by atoms with Crippen LogP contribution in [-0.4, -0.2) is 17.5 Å². The molecule has 18 heavy (non-hydrogen) atoms. The molecule has 0 aromatic heterocycles. The van der Waals surface area contributed by atoms with Gasteiger partial charge in [0.25, 0.3) is 0 Å². The van der Waals surface area contributed by atoms with Crippen molar-refractivity contribution in [1.29, 1.82) is 0 Å². The SMILES string of the molecule is CC(=O)C(CC(=O)OCc1ccccc1)C(C)=O. The molecule has 0 atom stereocenters. The lowest BCUT2D eigenvalue weighted by Crippen LogP contribution is -2.23. The summed E-state index contributed by atoms with van der Waals surface area (Å²) in [5.74, 6) is -2.03. The quantitative estimate of drug-likeness (QED) is 0.570. The van der Waals surface area contributed by atoms with Crippen molar-refractivity contribution >= 4 is 17.5 Å². The maximum atomic E-state index is 11.5. The van der Waals surface area contributed by atoms with Crippen molar-refractivity contribution in [3.05, 3.63) is 35.9 Å². The molecular weight excluding hydrogens is 232 g/mol. The Bertz CT molecular complexity index is 422. The first-order valence-electron chi connectivity index (χ1n) is 5.71. The van der Waals surface area contributed by atoms with E-state index >= 15 is 0 Å². The van der Waals surface area contributed by atoms with Crippen molar-refractivity contribution in [3.8, 4) is 0 Å². The van der Waals surface area contributed by atoms with E-state index in [2.05, 4.69) is 0 Å². The number of hydrogen-bond acceptors (Lipinski definition) is 4. The van der Waals surface area contributed by atoms with Gasteiger partial charge in [0.05, 0.1) is 12.3 Å². The first-order valence-corrected chi connectivity index (χ1v) is 5.71. The van der Waals surface area contributed by atoms with E-state index < -0.39 is 11.9 Å². The number of ether oxygens (including phenoxy) is 1. The minimum atomic E-state index is -0.881. The van der Waals surface area contributed by atoms with E-state index in [1.807, 2.05) is 30.3 Å². The summed E-state index contributed by atoms with van der Waals surface area (Å²) in [6.07, 6.45) is -0.183. The van der Waals surface area contributed by atoms with Crippen molar-refractivity contribution in [2.45, 2.75) is 26.9 Å². The van der Waals surface area contributed by atoms with Crippen LogP contribution in [0.15, 0.2) is 30.3 Å². The summed E-state index contributed by atoms with van der Waals surface area (Å²) in [6, 6.07) is 9.22. The van der Waals surface area contributed by atoms with Crippen LogP contribution in [0, 0.1) is 5.92 Å². The highest BCUT2D eigenvalue weighted by Gasteiger charge is 2.23. The van der Waals surface area contributed by atoms with Crippen molar-refractivity contribution in [2.75, 3.05) is 0 Å². The van der Waals surface area contributed by atoms with E-state index in [4.69, 9.17) is 4.74 Å². The summed E-state index contributed by atoms with van der Waals surface area (Å²) in [7, 11) is 0. The van der Waals surface area contributed by atoms with Crippen molar-refractivity contribution < 1.29 is 19.1 Å². The van der Waals surface area contributed by atoms with Crippen LogP contribution in [0.2, 0.25) is 0 Å². The second-order valence-corrected chi connectivity index (χ2v) is 4.12. The van der Waals surface area contributed by atoms with E-state index in [-0.39, 0.29) is 24.6 Å². The Kier molecular flexibility index (Phi) is 5.24. The molecule has 0 saturated carbocycles. The second kappa shape index (κ2) is 6.69. The van der Waals surface area contributed by atoms with Crippen molar-refractivity contribution in [3.63, 3.8) is 0 Å². The Balaban J connectivity index is 2.46. The third-order valence-electron chi connectivity index (χ3n) is 2.59. The summed E-state index contributed by atoms with van der Waals surface area (Å²) in [6.45, 7) is 2.76. The van der Waals surface area contributed by atoms with Crippen LogP contribution in [0.5, 0.6) is 0 Å². The monoisotopic (exact) mass is 248 g/mol.